The predicted octanol–water partition coefficient (Wildman–Crippen LogP) is 1.92. The molecule has 0 radical (unpaired) electrons. The second kappa shape index (κ2) is 7.03. The van der Waals surface area contributed by atoms with Crippen molar-refractivity contribution in [2.24, 2.45) is 0 Å². The summed E-state index contributed by atoms with van der Waals surface area (Å²) >= 11 is 0. The Balaban J connectivity index is 1.61. The van der Waals surface area contributed by atoms with Gasteiger partial charge in [-0.1, -0.05) is 37.8 Å². The third-order valence-corrected chi connectivity index (χ3v) is 6.08. The van der Waals surface area contributed by atoms with Crippen molar-refractivity contribution in [1.82, 2.24) is 9.62 Å². The van der Waals surface area contributed by atoms with Crippen LogP contribution in [-0.2, 0) is 10.0 Å². The van der Waals surface area contributed by atoms with Gasteiger partial charge in [0.2, 0.25) is 10.0 Å². The van der Waals surface area contributed by atoms with E-state index in [-0.39, 0.29) is 18.3 Å². The summed E-state index contributed by atoms with van der Waals surface area (Å²) in [4.78, 5) is 25.5. The minimum Gasteiger partial charge on any atom is -0.273 e. The molecule has 1 aromatic carbocycles. The van der Waals surface area contributed by atoms with Crippen molar-refractivity contribution >= 4 is 21.8 Å². The Kier molecular flexibility index (Phi) is 5.01. The maximum Gasteiger partial charge on any atom is 0.261 e. The van der Waals surface area contributed by atoms with Gasteiger partial charge in [0.25, 0.3) is 11.8 Å². The number of sulfonamides is 1. The summed E-state index contributed by atoms with van der Waals surface area (Å²) in [7, 11) is -3.52. The Hall–Kier alpha value is -1.73. The minimum atomic E-state index is -3.52. The molecule has 1 saturated carbocycles. The summed E-state index contributed by atoms with van der Waals surface area (Å²) in [5, 5.41) is 0. The van der Waals surface area contributed by atoms with Gasteiger partial charge in [-0.15, -0.1) is 0 Å². The fourth-order valence-electron chi connectivity index (χ4n) is 3.36. The second-order valence-corrected chi connectivity index (χ2v) is 8.31. The normalized spacial score (nSPS) is 19.4. The van der Waals surface area contributed by atoms with Crippen LogP contribution in [0.2, 0.25) is 0 Å². The number of carbonyl (C=O) groups excluding carboxylic acids is 2. The van der Waals surface area contributed by atoms with E-state index in [1.165, 1.54) is 0 Å². The zero-order valence-electron chi connectivity index (χ0n) is 13.5. The van der Waals surface area contributed by atoms with Gasteiger partial charge >= 0.3 is 0 Å². The molecule has 6 nitrogen and oxygen atoms in total. The highest BCUT2D eigenvalue weighted by Crippen LogP contribution is 2.22. The predicted molar refractivity (Wildman–Crippen MR) is 90.2 cm³/mol. The van der Waals surface area contributed by atoms with E-state index in [1.54, 1.807) is 24.3 Å². The molecule has 1 aliphatic heterocycles. The van der Waals surface area contributed by atoms with Crippen molar-refractivity contribution in [1.29, 1.82) is 0 Å². The lowest BCUT2D eigenvalue weighted by Crippen LogP contribution is -2.41. The number of nitrogens with one attached hydrogen (secondary N) is 1. The lowest BCUT2D eigenvalue weighted by molar-refractivity contribution is 0.0664. The molecule has 1 heterocycles. The van der Waals surface area contributed by atoms with E-state index in [4.69, 9.17) is 0 Å². The van der Waals surface area contributed by atoms with Gasteiger partial charge in [-0.2, -0.15) is 0 Å². The van der Waals surface area contributed by atoms with E-state index in [0.29, 0.717) is 11.1 Å². The van der Waals surface area contributed by atoms with Crippen molar-refractivity contribution in [3.05, 3.63) is 35.4 Å². The molecule has 2 aliphatic rings. The SMILES string of the molecule is O=C1c2ccccc2C(=O)N1CCS(=O)(=O)NC1CCCCCC1. The highest BCUT2D eigenvalue weighted by Gasteiger charge is 2.35. The number of rotatable bonds is 5. The number of carbonyl (C=O) groups is 2. The van der Waals surface area contributed by atoms with Gasteiger partial charge in [0.1, 0.15) is 0 Å². The fourth-order valence-corrected chi connectivity index (χ4v) is 4.65. The van der Waals surface area contributed by atoms with Crippen LogP contribution < -0.4 is 4.72 Å². The average Bonchev–Trinajstić information content (AvgIpc) is 2.73. The summed E-state index contributed by atoms with van der Waals surface area (Å²) in [5.74, 6) is -1.09. The fraction of sp³-hybridized carbons (Fsp3) is 0.529. The van der Waals surface area contributed by atoms with E-state index in [1.807, 2.05) is 0 Å². The van der Waals surface area contributed by atoms with Crippen molar-refractivity contribution < 1.29 is 18.0 Å². The van der Waals surface area contributed by atoms with E-state index >= 15 is 0 Å². The van der Waals surface area contributed by atoms with Gasteiger partial charge in [0, 0.05) is 12.6 Å². The van der Waals surface area contributed by atoms with E-state index in [0.717, 1.165) is 43.4 Å². The van der Waals surface area contributed by atoms with Crippen LogP contribution in [0.3, 0.4) is 0 Å². The van der Waals surface area contributed by atoms with Gasteiger partial charge in [-0.05, 0) is 25.0 Å². The first kappa shape index (κ1) is 17.1. The third-order valence-electron chi connectivity index (χ3n) is 4.66. The maximum atomic E-state index is 12.3. The standard InChI is InChI=1S/C17H22N2O4S/c20-16-14-9-5-6-10-15(14)17(21)19(16)11-12-24(22,23)18-13-7-3-1-2-4-8-13/h5-6,9-10,13,18H,1-4,7-8,11-12H2. The molecule has 0 spiro atoms. The first-order chi connectivity index (χ1) is 11.5. The topological polar surface area (TPSA) is 83.6 Å². The summed E-state index contributed by atoms with van der Waals surface area (Å²) < 4.78 is 27.3. The Labute approximate surface area is 142 Å². The van der Waals surface area contributed by atoms with Crippen LogP contribution >= 0.6 is 0 Å². The number of imide groups is 1. The third kappa shape index (κ3) is 3.67. The molecule has 1 fully saturated rings. The minimum absolute atomic E-state index is 0.0281. The average molecular weight is 350 g/mol. The van der Waals surface area contributed by atoms with Gasteiger partial charge in [-0.3, -0.25) is 14.5 Å². The molecular formula is C17H22N2O4S. The van der Waals surface area contributed by atoms with Crippen LogP contribution in [0.25, 0.3) is 0 Å². The number of nitrogens with zero attached hydrogens (tertiary/aromatic N) is 1. The largest absolute Gasteiger partial charge is 0.273 e. The molecule has 0 bridgehead atoms. The molecule has 1 N–H and O–H groups in total. The van der Waals surface area contributed by atoms with Crippen molar-refractivity contribution in [3.63, 3.8) is 0 Å². The molecule has 0 atom stereocenters. The van der Waals surface area contributed by atoms with Crippen LogP contribution in [0.4, 0.5) is 0 Å². The lowest BCUT2D eigenvalue weighted by atomic mass is 10.1. The number of hydrogen-bond donors (Lipinski definition) is 1. The summed E-state index contributed by atoms with van der Waals surface area (Å²) in [6.07, 6.45) is 6.07. The zero-order valence-corrected chi connectivity index (χ0v) is 14.3. The van der Waals surface area contributed by atoms with E-state index < -0.39 is 21.8 Å². The second-order valence-electron chi connectivity index (χ2n) is 6.43. The van der Waals surface area contributed by atoms with E-state index in [9.17, 15) is 18.0 Å². The maximum absolute atomic E-state index is 12.3. The molecule has 0 unspecified atom stereocenters. The summed E-state index contributed by atoms with van der Waals surface area (Å²) in [6, 6.07) is 6.54. The molecule has 24 heavy (non-hydrogen) atoms. The number of amides is 2. The highest BCUT2D eigenvalue weighted by molar-refractivity contribution is 7.89. The number of fused-ring (bicyclic) bond motifs is 1. The first-order valence-corrected chi connectivity index (χ1v) is 10.1. The van der Waals surface area contributed by atoms with Gasteiger partial charge in [-0.25, -0.2) is 13.1 Å². The zero-order chi connectivity index (χ0) is 17.2. The Morgan fingerprint density at radius 2 is 1.50 bits per heavy atom. The van der Waals surface area contributed by atoms with E-state index in [2.05, 4.69) is 4.72 Å². The van der Waals surface area contributed by atoms with Crippen LogP contribution in [-0.4, -0.2) is 43.5 Å². The van der Waals surface area contributed by atoms with Gasteiger partial charge < -0.3 is 0 Å². The summed E-state index contributed by atoms with van der Waals surface area (Å²) in [6.45, 7) is -0.117. The highest BCUT2D eigenvalue weighted by atomic mass is 32.2. The van der Waals surface area contributed by atoms with Gasteiger partial charge in [0.15, 0.2) is 0 Å². The Morgan fingerprint density at radius 3 is 2.04 bits per heavy atom. The molecule has 7 heteroatoms. The molecule has 130 valence electrons. The lowest BCUT2D eigenvalue weighted by Gasteiger charge is -2.18. The molecule has 0 aromatic heterocycles. The smallest absolute Gasteiger partial charge is 0.261 e. The van der Waals surface area contributed by atoms with Crippen LogP contribution in [0, 0.1) is 0 Å². The molecular weight excluding hydrogens is 328 g/mol. The Morgan fingerprint density at radius 1 is 0.958 bits per heavy atom. The monoisotopic (exact) mass is 350 g/mol. The molecule has 1 aliphatic carbocycles. The molecule has 2 amide bonds. The Bertz CT molecular complexity index is 702. The van der Waals surface area contributed by atoms with Crippen LogP contribution in [0.5, 0.6) is 0 Å². The molecule has 0 saturated heterocycles. The van der Waals surface area contributed by atoms with Gasteiger partial charge in [0.05, 0.1) is 16.9 Å². The molecule has 3 rings (SSSR count). The van der Waals surface area contributed by atoms with Crippen molar-refractivity contribution in [3.8, 4) is 0 Å². The van der Waals surface area contributed by atoms with Crippen molar-refractivity contribution in [2.45, 2.75) is 44.6 Å². The number of hydrogen-bond acceptors (Lipinski definition) is 4. The number of benzene rings is 1. The summed E-state index contributed by atoms with van der Waals surface area (Å²) in [5.41, 5.74) is 0.688. The molecule has 1 aromatic rings. The first-order valence-electron chi connectivity index (χ1n) is 8.43. The quantitative estimate of drug-likeness (QED) is 0.650. The van der Waals surface area contributed by atoms with Crippen LogP contribution in [0.1, 0.15) is 59.2 Å². The van der Waals surface area contributed by atoms with Crippen molar-refractivity contribution in [2.75, 3.05) is 12.3 Å². The van der Waals surface area contributed by atoms with Crippen LogP contribution in [0.15, 0.2) is 24.3 Å².